The van der Waals surface area contributed by atoms with Crippen LogP contribution < -0.4 is 4.74 Å². The lowest BCUT2D eigenvalue weighted by molar-refractivity contribution is -0.0231. The molecule has 172 valence electrons. The van der Waals surface area contributed by atoms with Crippen LogP contribution in [0.2, 0.25) is 0 Å². The van der Waals surface area contributed by atoms with Crippen LogP contribution in [-0.4, -0.2) is 51.8 Å². The van der Waals surface area contributed by atoms with Crippen molar-refractivity contribution in [3.63, 3.8) is 0 Å². The fourth-order valence-corrected chi connectivity index (χ4v) is 6.07. The zero-order valence-corrected chi connectivity index (χ0v) is 19.4. The first-order valence-corrected chi connectivity index (χ1v) is 12.5. The normalized spacial score (nSPS) is 27.9. The Kier molecular flexibility index (Phi) is 5.55. The molecule has 5 nitrogen and oxygen atoms in total. The Morgan fingerprint density at radius 2 is 1.85 bits per heavy atom. The van der Waals surface area contributed by atoms with Gasteiger partial charge in [0.1, 0.15) is 11.9 Å². The minimum atomic E-state index is -0.384. The standard InChI is InChI=1S/C28H33N3O2/c1-18-12-21-6-3-11-29-28(21)30-27(18)20-7-9-24(10-8-20)33-26-14-23-17-31(15-19-4-2-5-19)16-22(23)13-25(26)32/h3,6-12,19,22-23,25-26,32H,2,4-5,13-17H2,1H3/t22-,23+,25+,26+/m0/s1. The molecule has 0 bridgehead atoms. The van der Waals surface area contributed by atoms with Crippen molar-refractivity contribution in [2.45, 2.75) is 51.2 Å². The fraction of sp³-hybridized carbons (Fsp3) is 0.500. The minimum Gasteiger partial charge on any atom is -0.488 e. The number of aliphatic hydroxyl groups excluding tert-OH is 1. The Hall–Kier alpha value is -2.50. The monoisotopic (exact) mass is 443 g/mol. The van der Waals surface area contributed by atoms with E-state index in [4.69, 9.17) is 9.72 Å². The van der Waals surface area contributed by atoms with Crippen LogP contribution in [0.3, 0.4) is 0 Å². The molecule has 33 heavy (non-hydrogen) atoms. The van der Waals surface area contributed by atoms with E-state index in [0.29, 0.717) is 11.8 Å². The van der Waals surface area contributed by atoms with Gasteiger partial charge in [-0.2, -0.15) is 0 Å². The molecular weight excluding hydrogens is 410 g/mol. The number of benzene rings is 1. The van der Waals surface area contributed by atoms with E-state index in [1.165, 1.54) is 32.4 Å². The molecule has 3 fully saturated rings. The highest BCUT2D eigenvalue weighted by molar-refractivity contribution is 5.80. The van der Waals surface area contributed by atoms with Crippen molar-refractivity contribution < 1.29 is 9.84 Å². The topological polar surface area (TPSA) is 58.5 Å². The highest BCUT2D eigenvalue weighted by Crippen LogP contribution is 2.39. The van der Waals surface area contributed by atoms with Crippen LogP contribution in [0.25, 0.3) is 22.3 Å². The van der Waals surface area contributed by atoms with Crippen LogP contribution >= 0.6 is 0 Å². The first kappa shape index (κ1) is 21.1. The van der Waals surface area contributed by atoms with E-state index in [0.717, 1.165) is 58.9 Å². The Balaban J connectivity index is 1.13. The van der Waals surface area contributed by atoms with Gasteiger partial charge in [0.15, 0.2) is 5.65 Å². The predicted octanol–water partition coefficient (Wildman–Crippen LogP) is 4.86. The summed E-state index contributed by atoms with van der Waals surface area (Å²) in [5.74, 6) is 3.01. The maximum absolute atomic E-state index is 10.8. The lowest BCUT2D eigenvalue weighted by atomic mass is 9.78. The van der Waals surface area contributed by atoms with Gasteiger partial charge in [-0.1, -0.05) is 6.42 Å². The van der Waals surface area contributed by atoms with Gasteiger partial charge in [-0.15, -0.1) is 0 Å². The van der Waals surface area contributed by atoms with Crippen LogP contribution in [-0.2, 0) is 0 Å². The van der Waals surface area contributed by atoms with Crippen molar-refractivity contribution >= 4 is 11.0 Å². The fourth-order valence-electron chi connectivity index (χ4n) is 6.07. The largest absolute Gasteiger partial charge is 0.488 e. The third-order valence-electron chi connectivity index (χ3n) is 8.10. The van der Waals surface area contributed by atoms with E-state index < -0.39 is 0 Å². The van der Waals surface area contributed by atoms with Crippen LogP contribution in [0.15, 0.2) is 48.7 Å². The van der Waals surface area contributed by atoms with E-state index in [9.17, 15) is 5.11 Å². The molecule has 2 saturated carbocycles. The number of likely N-dealkylation sites (tertiary alicyclic amines) is 1. The number of hydrogen-bond acceptors (Lipinski definition) is 5. The van der Waals surface area contributed by atoms with Crippen molar-refractivity contribution in [3.05, 3.63) is 54.2 Å². The smallest absolute Gasteiger partial charge is 0.159 e. The van der Waals surface area contributed by atoms with Crippen molar-refractivity contribution in [2.24, 2.45) is 17.8 Å². The summed E-state index contributed by atoms with van der Waals surface area (Å²) in [6.45, 7) is 5.68. The molecule has 1 aromatic carbocycles. The molecule has 3 heterocycles. The van der Waals surface area contributed by atoms with Crippen LogP contribution in [0, 0.1) is 24.7 Å². The highest BCUT2D eigenvalue weighted by atomic mass is 16.5. The summed E-state index contributed by atoms with van der Waals surface area (Å²) in [6, 6.07) is 14.3. The molecule has 2 aromatic heterocycles. The number of fused-ring (bicyclic) bond motifs is 2. The van der Waals surface area contributed by atoms with E-state index >= 15 is 0 Å². The van der Waals surface area contributed by atoms with Gasteiger partial charge in [0, 0.05) is 36.8 Å². The second-order valence-electron chi connectivity index (χ2n) is 10.5. The third-order valence-corrected chi connectivity index (χ3v) is 8.10. The molecule has 5 heteroatoms. The molecule has 0 amide bonds. The van der Waals surface area contributed by atoms with E-state index in [1.807, 2.05) is 24.3 Å². The Bertz CT molecular complexity index is 1130. The van der Waals surface area contributed by atoms with Gasteiger partial charge < -0.3 is 14.7 Å². The second-order valence-corrected chi connectivity index (χ2v) is 10.5. The molecule has 1 saturated heterocycles. The van der Waals surface area contributed by atoms with Gasteiger partial charge in [-0.3, -0.25) is 0 Å². The number of aromatic nitrogens is 2. The molecule has 0 unspecified atom stereocenters. The van der Waals surface area contributed by atoms with Crippen molar-refractivity contribution in [2.75, 3.05) is 19.6 Å². The molecule has 2 aliphatic carbocycles. The van der Waals surface area contributed by atoms with E-state index in [2.05, 4.69) is 35.0 Å². The minimum absolute atomic E-state index is 0.120. The van der Waals surface area contributed by atoms with E-state index in [1.54, 1.807) is 6.20 Å². The van der Waals surface area contributed by atoms with Gasteiger partial charge in [-0.05, 0) is 98.4 Å². The average molecular weight is 444 g/mol. The number of ether oxygens (including phenoxy) is 1. The maximum atomic E-state index is 10.8. The van der Waals surface area contributed by atoms with E-state index in [-0.39, 0.29) is 12.2 Å². The van der Waals surface area contributed by atoms with Gasteiger partial charge in [0.2, 0.25) is 0 Å². The summed E-state index contributed by atoms with van der Waals surface area (Å²) in [5, 5.41) is 11.9. The lowest BCUT2D eigenvalue weighted by Crippen LogP contribution is -2.42. The average Bonchev–Trinajstić information content (AvgIpc) is 3.18. The Labute approximate surface area is 195 Å². The number of pyridine rings is 2. The van der Waals surface area contributed by atoms with Crippen LogP contribution in [0.4, 0.5) is 0 Å². The molecule has 1 N–H and O–H groups in total. The molecule has 0 spiro atoms. The summed E-state index contributed by atoms with van der Waals surface area (Å²) < 4.78 is 6.31. The molecule has 3 aromatic rings. The third kappa shape index (κ3) is 4.24. The Morgan fingerprint density at radius 1 is 1.06 bits per heavy atom. The summed E-state index contributed by atoms with van der Waals surface area (Å²) in [4.78, 5) is 11.8. The number of nitrogens with zero attached hydrogens (tertiary/aromatic N) is 3. The summed E-state index contributed by atoms with van der Waals surface area (Å²) in [7, 11) is 0. The molecule has 6 rings (SSSR count). The Morgan fingerprint density at radius 3 is 2.61 bits per heavy atom. The number of aliphatic hydroxyl groups is 1. The van der Waals surface area contributed by atoms with Crippen molar-refractivity contribution in [3.8, 4) is 17.0 Å². The number of hydrogen-bond donors (Lipinski definition) is 1. The number of rotatable bonds is 5. The van der Waals surface area contributed by atoms with Crippen LogP contribution in [0.1, 0.15) is 37.7 Å². The maximum Gasteiger partial charge on any atom is 0.159 e. The molecular formula is C28H33N3O2. The lowest BCUT2D eigenvalue weighted by Gasteiger charge is -2.35. The zero-order chi connectivity index (χ0) is 22.4. The van der Waals surface area contributed by atoms with Gasteiger partial charge in [0.05, 0.1) is 11.8 Å². The summed E-state index contributed by atoms with van der Waals surface area (Å²) in [5.41, 5.74) is 3.90. The van der Waals surface area contributed by atoms with Crippen molar-refractivity contribution in [1.29, 1.82) is 0 Å². The van der Waals surface area contributed by atoms with Crippen LogP contribution in [0.5, 0.6) is 5.75 Å². The molecule has 3 aliphatic rings. The second kappa shape index (κ2) is 8.69. The molecule has 4 atom stereocenters. The predicted molar refractivity (Wildman–Crippen MR) is 130 cm³/mol. The van der Waals surface area contributed by atoms with Gasteiger partial charge in [-0.25, -0.2) is 9.97 Å². The number of aryl methyl sites for hydroxylation is 1. The summed E-state index contributed by atoms with van der Waals surface area (Å²) >= 11 is 0. The SMILES string of the molecule is Cc1cc2cccnc2nc1-c1ccc(O[C@@H]2C[C@@H]3CN(CC4CCC4)C[C@@H]3C[C@H]2O)cc1. The quantitative estimate of drug-likeness (QED) is 0.611. The molecule has 1 aliphatic heterocycles. The van der Waals surface area contributed by atoms with Crippen molar-refractivity contribution in [1.82, 2.24) is 14.9 Å². The van der Waals surface area contributed by atoms with Gasteiger partial charge >= 0.3 is 0 Å². The first-order chi connectivity index (χ1) is 16.1. The summed E-state index contributed by atoms with van der Waals surface area (Å²) in [6.07, 6.45) is 7.31. The zero-order valence-electron chi connectivity index (χ0n) is 19.4. The van der Waals surface area contributed by atoms with Gasteiger partial charge in [0.25, 0.3) is 0 Å². The first-order valence-electron chi connectivity index (χ1n) is 12.5. The molecule has 0 radical (unpaired) electrons. The highest BCUT2D eigenvalue weighted by Gasteiger charge is 2.43.